The minimum atomic E-state index is -0.518. The summed E-state index contributed by atoms with van der Waals surface area (Å²) in [5.41, 5.74) is 6.04. The van der Waals surface area contributed by atoms with Gasteiger partial charge in [-0.3, -0.25) is 4.79 Å². The van der Waals surface area contributed by atoms with E-state index in [4.69, 9.17) is 5.73 Å². The number of anilines is 1. The first-order valence-electron chi connectivity index (χ1n) is 6.15. The lowest BCUT2D eigenvalue weighted by atomic mass is 10.1. The molecular weight excluding hydrogens is 263 g/mol. The Balaban J connectivity index is 2.19. The highest BCUT2D eigenvalue weighted by Gasteiger charge is 2.14. The fourth-order valence-corrected chi connectivity index (χ4v) is 1.67. The largest absolute Gasteiger partial charge is 0.330 e. The number of tetrazole rings is 1. The number of hydrogen-bond acceptors (Lipinski definition) is 5. The first-order chi connectivity index (χ1) is 9.61. The molecule has 2 aromatic rings. The first kappa shape index (κ1) is 14.1. The Hall–Kier alpha value is -2.35. The van der Waals surface area contributed by atoms with Crippen LogP contribution in [0.2, 0.25) is 0 Å². The minimum Gasteiger partial charge on any atom is -0.330 e. The molecule has 2 rings (SSSR count). The standard InChI is InChI=1S/C12H15FN6O/c1-8(4-5-14)12(20)16-11-6-9(2-3-10(11)13)19-7-15-17-18-19/h2-3,6-8H,4-5,14H2,1H3,(H,16,20). The lowest BCUT2D eigenvalue weighted by Crippen LogP contribution is -2.23. The first-order valence-corrected chi connectivity index (χ1v) is 6.15. The molecule has 1 aromatic carbocycles. The van der Waals surface area contributed by atoms with E-state index in [9.17, 15) is 9.18 Å². The lowest BCUT2D eigenvalue weighted by molar-refractivity contribution is -0.119. The highest BCUT2D eigenvalue weighted by Crippen LogP contribution is 2.19. The Labute approximate surface area is 115 Å². The van der Waals surface area contributed by atoms with E-state index in [1.54, 1.807) is 6.92 Å². The number of halogens is 1. The quantitative estimate of drug-likeness (QED) is 0.839. The number of nitrogens with zero attached hydrogens (tertiary/aromatic N) is 4. The van der Waals surface area contributed by atoms with Crippen molar-refractivity contribution in [2.24, 2.45) is 11.7 Å². The number of nitrogens with two attached hydrogens (primary N) is 1. The lowest BCUT2D eigenvalue weighted by Gasteiger charge is -2.12. The van der Waals surface area contributed by atoms with E-state index in [0.29, 0.717) is 18.7 Å². The zero-order valence-electron chi connectivity index (χ0n) is 11.0. The highest BCUT2D eigenvalue weighted by molar-refractivity contribution is 5.92. The van der Waals surface area contributed by atoms with Gasteiger partial charge in [0.05, 0.1) is 11.4 Å². The van der Waals surface area contributed by atoms with Crippen LogP contribution in [0.1, 0.15) is 13.3 Å². The Kier molecular flexibility index (Phi) is 4.36. The zero-order chi connectivity index (χ0) is 14.5. The van der Waals surface area contributed by atoms with Gasteiger partial charge in [0.25, 0.3) is 0 Å². The third-order valence-corrected chi connectivity index (χ3v) is 2.87. The predicted octanol–water partition coefficient (Wildman–Crippen LogP) is 0.725. The number of hydrogen-bond donors (Lipinski definition) is 2. The van der Waals surface area contributed by atoms with Gasteiger partial charge in [0.1, 0.15) is 12.1 Å². The summed E-state index contributed by atoms with van der Waals surface area (Å²) in [7, 11) is 0. The van der Waals surface area contributed by atoms with Crippen LogP contribution >= 0.6 is 0 Å². The molecule has 20 heavy (non-hydrogen) atoms. The third-order valence-electron chi connectivity index (χ3n) is 2.87. The Bertz CT molecular complexity index is 586. The van der Waals surface area contributed by atoms with E-state index in [1.807, 2.05) is 0 Å². The number of carbonyl (C=O) groups excluding carboxylic acids is 1. The van der Waals surface area contributed by atoms with Crippen molar-refractivity contribution in [2.45, 2.75) is 13.3 Å². The molecule has 0 bridgehead atoms. The molecule has 0 aliphatic heterocycles. The van der Waals surface area contributed by atoms with Crippen molar-refractivity contribution in [3.63, 3.8) is 0 Å². The second-order valence-electron chi connectivity index (χ2n) is 4.39. The van der Waals surface area contributed by atoms with Crippen LogP contribution in [-0.2, 0) is 4.79 Å². The Morgan fingerprint density at radius 2 is 2.35 bits per heavy atom. The molecule has 1 atom stereocenters. The second-order valence-corrected chi connectivity index (χ2v) is 4.39. The molecule has 106 valence electrons. The van der Waals surface area contributed by atoms with Crippen molar-refractivity contribution in [3.8, 4) is 5.69 Å². The average Bonchev–Trinajstić information content (AvgIpc) is 2.95. The van der Waals surface area contributed by atoms with E-state index in [-0.39, 0.29) is 17.5 Å². The minimum absolute atomic E-state index is 0.0897. The normalized spacial score (nSPS) is 12.2. The van der Waals surface area contributed by atoms with Gasteiger partial charge in [-0.05, 0) is 41.6 Å². The fourth-order valence-electron chi connectivity index (χ4n) is 1.67. The topological polar surface area (TPSA) is 98.7 Å². The van der Waals surface area contributed by atoms with Crippen LogP contribution in [0.4, 0.5) is 10.1 Å². The molecule has 1 aromatic heterocycles. The van der Waals surface area contributed by atoms with E-state index in [1.165, 1.54) is 29.2 Å². The average molecular weight is 278 g/mol. The van der Waals surface area contributed by atoms with Crippen LogP contribution in [0.25, 0.3) is 5.69 Å². The summed E-state index contributed by atoms with van der Waals surface area (Å²) in [4.78, 5) is 11.9. The van der Waals surface area contributed by atoms with Crippen LogP contribution in [0.5, 0.6) is 0 Å². The van der Waals surface area contributed by atoms with Crippen molar-refractivity contribution in [1.29, 1.82) is 0 Å². The van der Waals surface area contributed by atoms with Gasteiger partial charge in [-0.2, -0.15) is 0 Å². The van der Waals surface area contributed by atoms with E-state index in [2.05, 4.69) is 20.8 Å². The van der Waals surface area contributed by atoms with Crippen molar-refractivity contribution in [3.05, 3.63) is 30.3 Å². The molecule has 8 heteroatoms. The molecule has 1 unspecified atom stereocenters. The summed E-state index contributed by atoms with van der Waals surface area (Å²) in [6.07, 6.45) is 1.93. The molecule has 0 saturated carbocycles. The molecular formula is C12H15FN6O. The van der Waals surface area contributed by atoms with Crippen LogP contribution in [-0.4, -0.2) is 32.7 Å². The maximum atomic E-state index is 13.7. The van der Waals surface area contributed by atoms with Crippen LogP contribution in [0, 0.1) is 11.7 Å². The molecule has 0 saturated heterocycles. The fraction of sp³-hybridized carbons (Fsp3) is 0.333. The maximum Gasteiger partial charge on any atom is 0.227 e. The van der Waals surface area contributed by atoms with Crippen molar-refractivity contribution < 1.29 is 9.18 Å². The Morgan fingerprint density at radius 3 is 3.00 bits per heavy atom. The van der Waals surface area contributed by atoms with E-state index < -0.39 is 5.82 Å². The molecule has 0 aliphatic carbocycles. The zero-order valence-corrected chi connectivity index (χ0v) is 11.0. The van der Waals surface area contributed by atoms with Gasteiger partial charge >= 0.3 is 0 Å². The number of amides is 1. The van der Waals surface area contributed by atoms with E-state index >= 15 is 0 Å². The van der Waals surface area contributed by atoms with Crippen LogP contribution < -0.4 is 11.1 Å². The van der Waals surface area contributed by atoms with Gasteiger partial charge in [0.2, 0.25) is 5.91 Å². The summed E-state index contributed by atoms with van der Waals surface area (Å²) in [6, 6.07) is 4.24. The molecule has 1 heterocycles. The van der Waals surface area contributed by atoms with Crippen molar-refractivity contribution in [2.75, 3.05) is 11.9 Å². The third kappa shape index (κ3) is 3.15. The molecule has 0 fully saturated rings. The summed E-state index contributed by atoms with van der Waals surface area (Å²) >= 11 is 0. The number of nitrogens with one attached hydrogen (secondary N) is 1. The summed E-state index contributed by atoms with van der Waals surface area (Å²) in [5, 5.41) is 13.3. The molecule has 0 spiro atoms. The molecule has 0 aliphatic rings. The number of aromatic nitrogens is 4. The number of rotatable bonds is 5. The van der Waals surface area contributed by atoms with Gasteiger partial charge in [-0.15, -0.1) is 5.10 Å². The van der Waals surface area contributed by atoms with Gasteiger partial charge in [-0.1, -0.05) is 6.92 Å². The summed E-state index contributed by atoms with van der Waals surface area (Å²) in [5.74, 6) is -1.07. The molecule has 1 amide bonds. The highest BCUT2D eigenvalue weighted by atomic mass is 19.1. The SMILES string of the molecule is CC(CCN)C(=O)Nc1cc(-n2cnnn2)ccc1F. The molecule has 3 N–H and O–H groups in total. The second kappa shape index (κ2) is 6.20. The van der Waals surface area contributed by atoms with Gasteiger partial charge in [0.15, 0.2) is 0 Å². The predicted molar refractivity (Wildman–Crippen MR) is 70.6 cm³/mol. The van der Waals surface area contributed by atoms with Crippen LogP contribution in [0.15, 0.2) is 24.5 Å². The summed E-state index contributed by atoms with van der Waals surface area (Å²) < 4.78 is 15.1. The molecule has 0 radical (unpaired) electrons. The molecule has 7 nitrogen and oxygen atoms in total. The Morgan fingerprint density at radius 1 is 1.55 bits per heavy atom. The smallest absolute Gasteiger partial charge is 0.227 e. The maximum absolute atomic E-state index is 13.7. The monoisotopic (exact) mass is 278 g/mol. The summed E-state index contributed by atoms with van der Waals surface area (Å²) in [6.45, 7) is 2.15. The van der Waals surface area contributed by atoms with E-state index in [0.717, 1.165) is 0 Å². The van der Waals surface area contributed by atoms with Crippen LogP contribution in [0.3, 0.4) is 0 Å². The number of carbonyl (C=O) groups is 1. The number of benzene rings is 1. The van der Waals surface area contributed by atoms with Gasteiger partial charge in [0, 0.05) is 5.92 Å². The van der Waals surface area contributed by atoms with Gasteiger partial charge in [-0.25, -0.2) is 9.07 Å². The van der Waals surface area contributed by atoms with Crippen molar-refractivity contribution >= 4 is 11.6 Å². The van der Waals surface area contributed by atoms with Gasteiger partial charge < -0.3 is 11.1 Å². The van der Waals surface area contributed by atoms with Crippen molar-refractivity contribution in [1.82, 2.24) is 20.2 Å².